The molecule has 2 unspecified atom stereocenters. The van der Waals surface area contributed by atoms with E-state index in [9.17, 15) is 22.9 Å². The maximum Gasteiger partial charge on any atom is 0.324 e. The lowest BCUT2D eigenvalue weighted by Gasteiger charge is -2.20. The van der Waals surface area contributed by atoms with Crippen LogP contribution in [0.5, 0.6) is 0 Å². The summed E-state index contributed by atoms with van der Waals surface area (Å²) in [5.74, 6) is -1.16. The van der Waals surface area contributed by atoms with Gasteiger partial charge in [0.25, 0.3) is 0 Å². The number of sulfonamides is 1. The minimum Gasteiger partial charge on any atom is -0.330 e. The zero-order valence-corrected chi connectivity index (χ0v) is 12.2. The van der Waals surface area contributed by atoms with Crippen molar-refractivity contribution in [2.24, 2.45) is 11.7 Å². The van der Waals surface area contributed by atoms with Crippen LogP contribution in [0.1, 0.15) is 13.3 Å². The molecule has 2 N–H and O–H groups in total. The van der Waals surface area contributed by atoms with Gasteiger partial charge >= 0.3 is 5.69 Å². The molecule has 1 aromatic carbocycles. The normalized spacial score (nSPS) is 23.4. The molecule has 1 fully saturated rings. The van der Waals surface area contributed by atoms with Crippen LogP contribution >= 0.6 is 0 Å². The molecule has 2 atom stereocenters. The van der Waals surface area contributed by atoms with Gasteiger partial charge in [0.2, 0.25) is 15.8 Å². The molecular formula is C12H16FN3O4S. The molecule has 0 radical (unpaired) electrons. The van der Waals surface area contributed by atoms with Crippen molar-refractivity contribution >= 4 is 15.7 Å². The lowest BCUT2D eigenvalue weighted by Crippen LogP contribution is -2.35. The number of halogens is 1. The van der Waals surface area contributed by atoms with Gasteiger partial charge in [0, 0.05) is 12.6 Å². The van der Waals surface area contributed by atoms with E-state index in [4.69, 9.17) is 5.73 Å². The van der Waals surface area contributed by atoms with Crippen molar-refractivity contribution in [2.75, 3.05) is 13.1 Å². The minimum atomic E-state index is -4.13. The zero-order chi connectivity index (χ0) is 15.8. The number of nitrogens with zero attached hydrogens (tertiary/aromatic N) is 2. The molecule has 1 aromatic rings. The van der Waals surface area contributed by atoms with E-state index in [0.717, 1.165) is 22.5 Å². The number of hydrogen-bond acceptors (Lipinski definition) is 5. The summed E-state index contributed by atoms with van der Waals surface area (Å²) in [5, 5.41) is 11.0. The molecule has 2 rings (SSSR count). The largest absolute Gasteiger partial charge is 0.330 e. The average molecular weight is 317 g/mol. The average Bonchev–Trinajstić information content (AvgIpc) is 2.80. The zero-order valence-electron chi connectivity index (χ0n) is 11.4. The monoisotopic (exact) mass is 317 g/mol. The molecule has 21 heavy (non-hydrogen) atoms. The van der Waals surface area contributed by atoms with Crippen LogP contribution in [0.2, 0.25) is 0 Å². The van der Waals surface area contributed by atoms with Crippen molar-refractivity contribution in [1.82, 2.24) is 4.31 Å². The third kappa shape index (κ3) is 2.76. The Bertz CT molecular complexity index is 664. The number of rotatable bonds is 4. The van der Waals surface area contributed by atoms with Crippen LogP contribution in [0, 0.1) is 21.8 Å². The Kier molecular flexibility index (Phi) is 4.26. The van der Waals surface area contributed by atoms with Gasteiger partial charge in [-0.1, -0.05) is 6.07 Å². The highest BCUT2D eigenvalue weighted by Gasteiger charge is 2.41. The van der Waals surface area contributed by atoms with Gasteiger partial charge in [-0.2, -0.15) is 8.70 Å². The highest BCUT2D eigenvalue weighted by molar-refractivity contribution is 7.89. The smallest absolute Gasteiger partial charge is 0.324 e. The SMILES string of the molecule is CC1CC(CN)CN1S(=O)(=O)c1cccc(F)c1[N+](=O)[O-]. The molecule has 1 aliphatic rings. The summed E-state index contributed by atoms with van der Waals surface area (Å²) in [6.45, 7) is 2.23. The van der Waals surface area contributed by atoms with Crippen LogP contribution in [0.25, 0.3) is 0 Å². The van der Waals surface area contributed by atoms with Crippen LogP contribution in [-0.4, -0.2) is 36.8 Å². The maximum absolute atomic E-state index is 13.6. The second kappa shape index (κ2) is 5.66. The lowest BCUT2D eigenvalue weighted by molar-refractivity contribution is -0.390. The molecule has 0 aromatic heterocycles. The summed E-state index contributed by atoms with van der Waals surface area (Å²) in [7, 11) is -4.13. The van der Waals surface area contributed by atoms with Crippen LogP contribution in [0.4, 0.5) is 10.1 Å². The van der Waals surface area contributed by atoms with Gasteiger partial charge in [-0.3, -0.25) is 10.1 Å². The van der Waals surface area contributed by atoms with E-state index in [1.54, 1.807) is 6.92 Å². The van der Waals surface area contributed by atoms with Crippen molar-refractivity contribution in [1.29, 1.82) is 0 Å². The molecule has 1 aliphatic heterocycles. The van der Waals surface area contributed by atoms with E-state index in [0.29, 0.717) is 13.0 Å². The predicted molar refractivity (Wildman–Crippen MR) is 73.6 cm³/mol. The summed E-state index contributed by atoms with van der Waals surface area (Å²) in [6.07, 6.45) is 0.582. The summed E-state index contributed by atoms with van der Waals surface area (Å²) in [5.41, 5.74) is 4.54. The Morgan fingerprint density at radius 2 is 2.19 bits per heavy atom. The highest BCUT2D eigenvalue weighted by Crippen LogP contribution is 2.34. The number of hydrogen-bond donors (Lipinski definition) is 1. The van der Waals surface area contributed by atoms with Crippen molar-refractivity contribution in [3.8, 4) is 0 Å². The van der Waals surface area contributed by atoms with E-state index in [1.165, 1.54) is 0 Å². The van der Waals surface area contributed by atoms with Crippen LogP contribution in [0.3, 0.4) is 0 Å². The molecule has 7 nitrogen and oxygen atoms in total. The van der Waals surface area contributed by atoms with E-state index in [1.807, 2.05) is 0 Å². The van der Waals surface area contributed by atoms with Crippen LogP contribution < -0.4 is 5.73 Å². The van der Waals surface area contributed by atoms with Gasteiger partial charge in [0.1, 0.15) is 0 Å². The number of para-hydroxylation sites is 1. The Labute approximate surface area is 121 Å². The van der Waals surface area contributed by atoms with Crippen molar-refractivity contribution in [3.63, 3.8) is 0 Å². The highest BCUT2D eigenvalue weighted by atomic mass is 32.2. The first-order valence-electron chi connectivity index (χ1n) is 6.43. The second-order valence-corrected chi connectivity index (χ2v) is 6.96. The van der Waals surface area contributed by atoms with E-state index >= 15 is 0 Å². The number of nitro benzene ring substituents is 1. The van der Waals surface area contributed by atoms with Gasteiger partial charge in [-0.05, 0) is 37.9 Å². The van der Waals surface area contributed by atoms with Gasteiger partial charge in [0.15, 0.2) is 4.90 Å². The fraction of sp³-hybridized carbons (Fsp3) is 0.500. The quantitative estimate of drug-likeness (QED) is 0.661. The molecule has 0 saturated carbocycles. The molecule has 9 heteroatoms. The first-order chi connectivity index (χ1) is 9.78. The summed E-state index contributed by atoms with van der Waals surface area (Å²) < 4.78 is 40.0. The first-order valence-corrected chi connectivity index (χ1v) is 7.87. The third-order valence-electron chi connectivity index (χ3n) is 3.66. The Morgan fingerprint density at radius 1 is 1.52 bits per heavy atom. The number of nitro groups is 1. The van der Waals surface area contributed by atoms with Crippen molar-refractivity contribution < 1.29 is 17.7 Å². The van der Waals surface area contributed by atoms with Gasteiger partial charge in [-0.15, -0.1) is 0 Å². The van der Waals surface area contributed by atoms with E-state index in [-0.39, 0.29) is 18.5 Å². The van der Waals surface area contributed by atoms with Crippen LogP contribution in [0.15, 0.2) is 23.1 Å². The first kappa shape index (κ1) is 15.8. The number of nitrogens with two attached hydrogens (primary N) is 1. The standard InChI is InChI=1S/C12H16FN3O4S/c1-8-5-9(6-14)7-15(8)21(19,20)11-4-2-3-10(13)12(11)16(17)18/h2-4,8-9H,5-7,14H2,1H3. The fourth-order valence-corrected chi connectivity index (χ4v) is 4.51. The Balaban J connectivity index is 2.51. The Morgan fingerprint density at radius 3 is 2.71 bits per heavy atom. The third-order valence-corrected chi connectivity index (χ3v) is 5.67. The summed E-state index contributed by atoms with van der Waals surface area (Å²) in [6, 6.07) is 2.74. The summed E-state index contributed by atoms with van der Waals surface area (Å²) >= 11 is 0. The Hall–Kier alpha value is -1.58. The van der Waals surface area contributed by atoms with Crippen molar-refractivity contribution in [3.05, 3.63) is 34.1 Å². The lowest BCUT2D eigenvalue weighted by atomic mass is 10.1. The molecule has 0 spiro atoms. The fourth-order valence-electron chi connectivity index (χ4n) is 2.62. The van der Waals surface area contributed by atoms with Crippen LogP contribution in [-0.2, 0) is 10.0 Å². The molecule has 1 saturated heterocycles. The summed E-state index contributed by atoms with van der Waals surface area (Å²) in [4.78, 5) is 9.34. The maximum atomic E-state index is 13.6. The van der Waals surface area contributed by atoms with Gasteiger partial charge in [0.05, 0.1) is 4.92 Å². The molecule has 1 heterocycles. The van der Waals surface area contributed by atoms with E-state index < -0.39 is 31.3 Å². The molecular weight excluding hydrogens is 301 g/mol. The van der Waals surface area contributed by atoms with E-state index in [2.05, 4.69) is 0 Å². The minimum absolute atomic E-state index is 0.00221. The van der Waals surface area contributed by atoms with Gasteiger partial charge in [-0.25, -0.2) is 8.42 Å². The topological polar surface area (TPSA) is 107 Å². The molecule has 0 amide bonds. The molecule has 116 valence electrons. The number of benzene rings is 1. The second-order valence-electron chi connectivity index (χ2n) is 5.10. The molecule has 0 aliphatic carbocycles. The predicted octanol–water partition coefficient (Wildman–Crippen LogP) is 1.09. The van der Waals surface area contributed by atoms with Gasteiger partial charge < -0.3 is 5.73 Å². The molecule has 0 bridgehead atoms. The van der Waals surface area contributed by atoms with Crippen molar-refractivity contribution in [2.45, 2.75) is 24.3 Å².